The molecule has 0 aromatic rings. The first-order valence-electron chi connectivity index (χ1n) is 3.78. The first kappa shape index (κ1) is 9.57. The SMILES string of the molecule is [N-]=[N+]=N[C@H]1C=C[C@@H]([C@H](O)C(=O)O)C1. The maximum atomic E-state index is 10.4. The van der Waals surface area contributed by atoms with E-state index < -0.39 is 18.0 Å². The van der Waals surface area contributed by atoms with E-state index in [1.807, 2.05) is 0 Å². The predicted molar refractivity (Wildman–Crippen MR) is 43.8 cm³/mol. The molecule has 0 saturated carbocycles. The van der Waals surface area contributed by atoms with Crippen molar-refractivity contribution in [2.75, 3.05) is 0 Å². The number of hydrogen-bond donors (Lipinski definition) is 2. The van der Waals surface area contributed by atoms with Crippen molar-refractivity contribution in [1.82, 2.24) is 0 Å². The van der Waals surface area contributed by atoms with Crippen LogP contribution in [0, 0.1) is 5.92 Å². The van der Waals surface area contributed by atoms with Gasteiger partial charge in [-0.05, 0) is 12.0 Å². The van der Waals surface area contributed by atoms with E-state index in [2.05, 4.69) is 10.0 Å². The molecular formula is C7H9N3O3. The Morgan fingerprint density at radius 2 is 2.38 bits per heavy atom. The van der Waals surface area contributed by atoms with E-state index in [9.17, 15) is 4.79 Å². The second kappa shape index (κ2) is 3.93. The quantitative estimate of drug-likeness (QED) is 0.291. The van der Waals surface area contributed by atoms with Crippen LogP contribution in [0.25, 0.3) is 10.4 Å². The van der Waals surface area contributed by atoms with Gasteiger partial charge in [0, 0.05) is 10.8 Å². The van der Waals surface area contributed by atoms with Crippen LogP contribution in [0.4, 0.5) is 0 Å². The average Bonchev–Trinajstić information content (AvgIpc) is 2.52. The van der Waals surface area contributed by atoms with E-state index in [-0.39, 0.29) is 6.04 Å². The largest absolute Gasteiger partial charge is 0.479 e. The Kier molecular flexibility index (Phi) is 2.89. The number of nitrogens with zero attached hydrogens (tertiary/aromatic N) is 3. The highest BCUT2D eigenvalue weighted by Gasteiger charge is 2.28. The van der Waals surface area contributed by atoms with Gasteiger partial charge in [0.15, 0.2) is 6.10 Å². The molecule has 2 N–H and O–H groups in total. The lowest BCUT2D eigenvalue weighted by Gasteiger charge is -2.11. The highest BCUT2D eigenvalue weighted by Crippen LogP contribution is 2.23. The summed E-state index contributed by atoms with van der Waals surface area (Å²) < 4.78 is 0. The molecule has 0 bridgehead atoms. The number of aliphatic hydroxyl groups excluding tert-OH is 1. The molecule has 0 radical (unpaired) electrons. The molecule has 0 aromatic heterocycles. The Balaban J connectivity index is 2.56. The zero-order chi connectivity index (χ0) is 9.84. The minimum absolute atomic E-state index is 0.330. The van der Waals surface area contributed by atoms with Crippen LogP contribution >= 0.6 is 0 Å². The van der Waals surface area contributed by atoms with Gasteiger partial charge in [-0.1, -0.05) is 17.3 Å². The monoisotopic (exact) mass is 183 g/mol. The molecule has 6 heteroatoms. The summed E-state index contributed by atoms with van der Waals surface area (Å²) in [7, 11) is 0. The van der Waals surface area contributed by atoms with Crippen molar-refractivity contribution in [3.63, 3.8) is 0 Å². The van der Waals surface area contributed by atoms with Crippen LogP contribution in [-0.2, 0) is 4.79 Å². The normalized spacial score (nSPS) is 28.1. The van der Waals surface area contributed by atoms with Crippen LogP contribution in [0.3, 0.4) is 0 Å². The Morgan fingerprint density at radius 1 is 1.69 bits per heavy atom. The van der Waals surface area contributed by atoms with E-state index in [1.165, 1.54) is 0 Å². The molecule has 0 amide bonds. The fourth-order valence-electron chi connectivity index (χ4n) is 1.28. The fraction of sp³-hybridized carbons (Fsp3) is 0.571. The maximum Gasteiger partial charge on any atom is 0.333 e. The number of rotatable bonds is 3. The zero-order valence-corrected chi connectivity index (χ0v) is 6.74. The predicted octanol–water partition coefficient (Wildman–Crippen LogP) is 0.687. The van der Waals surface area contributed by atoms with Gasteiger partial charge >= 0.3 is 5.97 Å². The van der Waals surface area contributed by atoms with Crippen molar-refractivity contribution >= 4 is 5.97 Å². The third kappa shape index (κ3) is 2.21. The number of carbonyl (C=O) groups is 1. The summed E-state index contributed by atoms with van der Waals surface area (Å²) in [5, 5.41) is 21.0. The number of carboxylic acids is 1. The van der Waals surface area contributed by atoms with Gasteiger partial charge in [-0.3, -0.25) is 0 Å². The molecule has 13 heavy (non-hydrogen) atoms. The summed E-state index contributed by atoms with van der Waals surface area (Å²) in [5.74, 6) is -1.70. The summed E-state index contributed by atoms with van der Waals surface area (Å²) in [4.78, 5) is 13.0. The summed E-state index contributed by atoms with van der Waals surface area (Å²) >= 11 is 0. The van der Waals surface area contributed by atoms with E-state index in [4.69, 9.17) is 15.7 Å². The molecule has 0 aromatic carbocycles. The van der Waals surface area contributed by atoms with Gasteiger partial charge in [-0.25, -0.2) is 4.79 Å². The van der Waals surface area contributed by atoms with Gasteiger partial charge < -0.3 is 10.2 Å². The van der Waals surface area contributed by atoms with E-state index in [0.717, 1.165) is 0 Å². The van der Waals surface area contributed by atoms with Crippen molar-refractivity contribution in [2.45, 2.75) is 18.6 Å². The van der Waals surface area contributed by atoms with Gasteiger partial charge in [0.1, 0.15) is 0 Å². The van der Waals surface area contributed by atoms with E-state index in [1.54, 1.807) is 12.2 Å². The van der Waals surface area contributed by atoms with Gasteiger partial charge in [0.2, 0.25) is 0 Å². The van der Waals surface area contributed by atoms with Gasteiger partial charge in [-0.2, -0.15) is 0 Å². The highest BCUT2D eigenvalue weighted by molar-refractivity contribution is 5.72. The Labute approximate surface area is 74.1 Å². The van der Waals surface area contributed by atoms with E-state index in [0.29, 0.717) is 6.42 Å². The first-order chi connectivity index (χ1) is 6.15. The molecule has 0 heterocycles. The molecule has 6 nitrogen and oxygen atoms in total. The number of azide groups is 1. The van der Waals surface area contributed by atoms with Crippen molar-refractivity contribution in [3.8, 4) is 0 Å². The molecule has 1 aliphatic carbocycles. The smallest absolute Gasteiger partial charge is 0.333 e. The lowest BCUT2D eigenvalue weighted by molar-refractivity contribution is -0.148. The summed E-state index contributed by atoms with van der Waals surface area (Å²) in [5.41, 5.74) is 8.11. The number of carboxylic acid groups (broad SMARTS) is 1. The molecule has 1 rings (SSSR count). The molecule has 0 fully saturated rings. The third-order valence-electron chi connectivity index (χ3n) is 1.95. The molecule has 0 saturated heterocycles. The molecular weight excluding hydrogens is 174 g/mol. The van der Waals surface area contributed by atoms with Crippen molar-refractivity contribution in [2.24, 2.45) is 11.0 Å². The number of hydrogen-bond acceptors (Lipinski definition) is 3. The third-order valence-corrected chi connectivity index (χ3v) is 1.95. The van der Waals surface area contributed by atoms with Crippen molar-refractivity contribution in [3.05, 3.63) is 22.6 Å². The summed E-state index contributed by atoms with van der Waals surface area (Å²) in [6, 6.07) is -0.330. The average molecular weight is 183 g/mol. The Bertz CT molecular complexity index is 283. The Morgan fingerprint density at radius 3 is 2.92 bits per heavy atom. The number of aliphatic carboxylic acids is 1. The van der Waals surface area contributed by atoms with Gasteiger partial charge in [-0.15, -0.1) is 0 Å². The lowest BCUT2D eigenvalue weighted by atomic mass is 10.0. The molecule has 3 atom stereocenters. The minimum atomic E-state index is -1.41. The maximum absolute atomic E-state index is 10.4. The summed E-state index contributed by atoms with van der Waals surface area (Å²) in [6.07, 6.45) is 2.13. The molecule has 70 valence electrons. The molecule has 0 aliphatic heterocycles. The Hall–Kier alpha value is -1.52. The van der Waals surface area contributed by atoms with Crippen LogP contribution < -0.4 is 0 Å². The van der Waals surface area contributed by atoms with Crippen LogP contribution in [0.5, 0.6) is 0 Å². The van der Waals surface area contributed by atoms with Crippen molar-refractivity contribution in [1.29, 1.82) is 0 Å². The molecule has 0 unspecified atom stereocenters. The topological polar surface area (TPSA) is 106 Å². The highest BCUT2D eigenvalue weighted by atomic mass is 16.4. The molecule has 1 aliphatic rings. The van der Waals surface area contributed by atoms with Crippen LogP contribution in [0.15, 0.2) is 17.3 Å². The van der Waals surface area contributed by atoms with Crippen molar-refractivity contribution < 1.29 is 15.0 Å². The minimum Gasteiger partial charge on any atom is -0.479 e. The second-order valence-electron chi connectivity index (χ2n) is 2.84. The van der Waals surface area contributed by atoms with Gasteiger partial charge in [0.05, 0.1) is 6.04 Å². The lowest BCUT2D eigenvalue weighted by Crippen LogP contribution is -2.27. The summed E-state index contributed by atoms with van der Waals surface area (Å²) in [6.45, 7) is 0. The standard InChI is InChI=1S/C7H9N3O3/c8-10-9-5-2-1-4(3-5)6(11)7(12)13/h1-2,4-6,11H,3H2,(H,12,13)/t4-,5+,6+/m1/s1. The molecule has 0 spiro atoms. The van der Waals surface area contributed by atoms with Crippen LogP contribution in [0.1, 0.15) is 6.42 Å². The number of aliphatic hydroxyl groups is 1. The fourth-order valence-corrected chi connectivity index (χ4v) is 1.28. The van der Waals surface area contributed by atoms with Gasteiger partial charge in [0.25, 0.3) is 0 Å². The van der Waals surface area contributed by atoms with Crippen LogP contribution in [-0.4, -0.2) is 28.3 Å². The second-order valence-corrected chi connectivity index (χ2v) is 2.84. The van der Waals surface area contributed by atoms with Crippen LogP contribution in [0.2, 0.25) is 0 Å². The zero-order valence-electron chi connectivity index (χ0n) is 6.74. The first-order valence-corrected chi connectivity index (χ1v) is 3.78. The van der Waals surface area contributed by atoms with E-state index >= 15 is 0 Å².